The summed E-state index contributed by atoms with van der Waals surface area (Å²) in [7, 11) is -3.10. The van der Waals surface area contributed by atoms with E-state index in [1.807, 2.05) is 24.3 Å². The van der Waals surface area contributed by atoms with Crippen LogP contribution in [0.1, 0.15) is 37.9 Å². The van der Waals surface area contributed by atoms with Crippen LogP contribution in [0, 0.1) is 5.92 Å². The predicted molar refractivity (Wildman–Crippen MR) is 76.2 cm³/mol. The predicted octanol–water partition coefficient (Wildman–Crippen LogP) is 2.32. The summed E-state index contributed by atoms with van der Waals surface area (Å²) in [6.45, 7) is 6.00. The average Bonchev–Trinajstić information content (AvgIpc) is 2.26. The molecule has 3 nitrogen and oxygen atoms in total. The van der Waals surface area contributed by atoms with Gasteiger partial charge in [0.2, 0.25) is 0 Å². The summed E-state index contributed by atoms with van der Waals surface area (Å²) in [5.74, 6) is 0.611. The van der Waals surface area contributed by atoms with Crippen molar-refractivity contribution < 1.29 is 8.42 Å². The molecule has 1 aromatic carbocycles. The second-order valence-corrected chi connectivity index (χ2v) is 7.80. The molecule has 102 valence electrons. The molecule has 0 aliphatic heterocycles. The van der Waals surface area contributed by atoms with E-state index in [0.717, 1.165) is 12.0 Å². The van der Waals surface area contributed by atoms with Crippen molar-refractivity contribution >= 4 is 9.84 Å². The summed E-state index contributed by atoms with van der Waals surface area (Å²) in [4.78, 5) is 0. The molecule has 2 atom stereocenters. The van der Waals surface area contributed by atoms with Crippen LogP contribution in [-0.2, 0) is 16.3 Å². The number of hydrogen-bond donors (Lipinski definition) is 1. The first-order valence-corrected chi connectivity index (χ1v) is 8.20. The Bertz CT molecular complexity index is 477. The SMILES string of the molecule is CC(C)Cc1ccc(C(N)C(C)S(C)(=O)=O)cc1. The molecular formula is C14H23NO2S. The van der Waals surface area contributed by atoms with Crippen molar-refractivity contribution in [2.24, 2.45) is 11.7 Å². The molecule has 1 aromatic rings. The van der Waals surface area contributed by atoms with Gasteiger partial charge in [-0.25, -0.2) is 8.42 Å². The molecule has 2 N–H and O–H groups in total. The second-order valence-electron chi connectivity index (χ2n) is 5.40. The van der Waals surface area contributed by atoms with Gasteiger partial charge in [-0.3, -0.25) is 0 Å². The summed E-state index contributed by atoms with van der Waals surface area (Å²) < 4.78 is 23.0. The molecule has 0 aromatic heterocycles. The van der Waals surface area contributed by atoms with Gasteiger partial charge in [0.15, 0.2) is 9.84 Å². The topological polar surface area (TPSA) is 60.2 Å². The molecule has 0 aliphatic carbocycles. The average molecular weight is 269 g/mol. The Hall–Kier alpha value is -0.870. The monoisotopic (exact) mass is 269 g/mol. The van der Waals surface area contributed by atoms with Crippen LogP contribution in [-0.4, -0.2) is 19.9 Å². The van der Waals surface area contributed by atoms with Gasteiger partial charge >= 0.3 is 0 Å². The molecule has 0 spiro atoms. The molecule has 0 aliphatic rings. The van der Waals surface area contributed by atoms with E-state index in [9.17, 15) is 8.42 Å². The summed E-state index contributed by atoms with van der Waals surface area (Å²) in [6.07, 6.45) is 2.25. The molecule has 2 unspecified atom stereocenters. The van der Waals surface area contributed by atoms with E-state index in [0.29, 0.717) is 5.92 Å². The second kappa shape index (κ2) is 5.85. The zero-order valence-corrected chi connectivity index (χ0v) is 12.4. The number of rotatable bonds is 5. The first kappa shape index (κ1) is 15.2. The summed E-state index contributed by atoms with van der Waals surface area (Å²) >= 11 is 0. The Morgan fingerprint density at radius 1 is 1.11 bits per heavy atom. The molecule has 0 saturated carbocycles. The smallest absolute Gasteiger partial charge is 0.151 e. The van der Waals surface area contributed by atoms with E-state index in [-0.39, 0.29) is 0 Å². The highest BCUT2D eigenvalue weighted by molar-refractivity contribution is 7.91. The van der Waals surface area contributed by atoms with Crippen molar-refractivity contribution in [3.05, 3.63) is 35.4 Å². The van der Waals surface area contributed by atoms with Crippen LogP contribution in [0.5, 0.6) is 0 Å². The first-order valence-electron chi connectivity index (χ1n) is 6.25. The molecule has 18 heavy (non-hydrogen) atoms. The zero-order valence-electron chi connectivity index (χ0n) is 11.6. The van der Waals surface area contributed by atoms with Crippen LogP contribution in [0.25, 0.3) is 0 Å². The number of benzene rings is 1. The molecule has 0 radical (unpaired) electrons. The Kier molecular flexibility index (Phi) is 4.93. The van der Waals surface area contributed by atoms with Crippen LogP contribution in [0.4, 0.5) is 0 Å². The van der Waals surface area contributed by atoms with Crippen molar-refractivity contribution in [2.45, 2.75) is 38.5 Å². The summed E-state index contributed by atoms with van der Waals surface area (Å²) in [5, 5.41) is -0.562. The fourth-order valence-electron chi connectivity index (χ4n) is 1.88. The number of nitrogens with two attached hydrogens (primary N) is 1. The maximum Gasteiger partial charge on any atom is 0.151 e. The quantitative estimate of drug-likeness (QED) is 0.892. The number of hydrogen-bond acceptors (Lipinski definition) is 3. The van der Waals surface area contributed by atoms with E-state index in [4.69, 9.17) is 5.73 Å². The zero-order chi connectivity index (χ0) is 13.9. The molecule has 0 bridgehead atoms. The lowest BCUT2D eigenvalue weighted by atomic mass is 9.99. The molecule has 0 fully saturated rings. The standard InChI is InChI=1S/C14H23NO2S/c1-10(2)9-12-5-7-13(8-6-12)14(15)11(3)18(4,16)17/h5-8,10-11,14H,9,15H2,1-4H3. The third-order valence-electron chi connectivity index (χ3n) is 3.19. The molecule has 1 rings (SSSR count). The van der Waals surface area contributed by atoms with Crippen LogP contribution in [0.15, 0.2) is 24.3 Å². The third kappa shape index (κ3) is 4.10. The van der Waals surface area contributed by atoms with Gasteiger partial charge in [-0.2, -0.15) is 0 Å². The first-order chi connectivity index (χ1) is 8.21. The molecule has 0 saturated heterocycles. The van der Waals surface area contributed by atoms with Crippen molar-refractivity contribution in [1.82, 2.24) is 0 Å². The van der Waals surface area contributed by atoms with Gasteiger partial charge in [-0.15, -0.1) is 0 Å². The lowest BCUT2D eigenvalue weighted by Gasteiger charge is -2.19. The van der Waals surface area contributed by atoms with Gasteiger partial charge in [0, 0.05) is 12.3 Å². The van der Waals surface area contributed by atoms with Gasteiger partial charge < -0.3 is 5.73 Å². The van der Waals surface area contributed by atoms with Gasteiger partial charge in [0.1, 0.15) is 0 Å². The van der Waals surface area contributed by atoms with Gasteiger partial charge in [-0.1, -0.05) is 38.1 Å². The van der Waals surface area contributed by atoms with Gasteiger partial charge in [0.05, 0.1) is 5.25 Å². The minimum atomic E-state index is -3.10. The largest absolute Gasteiger partial charge is 0.323 e. The Morgan fingerprint density at radius 2 is 1.61 bits per heavy atom. The Morgan fingerprint density at radius 3 is 2.00 bits per heavy atom. The molecule has 0 amide bonds. The van der Waals surface area contributed by atoms with E-state index >= 15 is 0 Å². The van der Waals surface area contributed by atoms with Crippen LogP contribution in [0.2, 0.25) is 0 Å². The van der Waals surface area contributed by atoms with Crippen molar-refractivity contribution in [3.63, 3.8) is 0 Å². The summed E-state index contributed by atoms with van der Waals surface area (Å²) in [5.41, 5.74) is 8.13. The highest BCUT2D eigenvalue weighted by atomic mass is 32.2. The summed E-state index contributed by atoms with van der Waals surface area (Å²) in [6, 6.07) is 7.47. The molecule has 0 heterocycles. The lowest BCUT2D eigenvalue weighted by molar-refractivity contribution is 0.570. The normalized spacial score (nSPS) is 15.7. The fraction of sp³-hybridized carbons (Fsp3) is 0.571. The van der Waals surface area contributed by atoms with Crippen molar-refractivity contribution in [3.8, 4) is 0 Å². The van der Waals surface area contributed by atoms with E-state index in [2.05, 4.69) is 13.8 Å². The maximum absolute atomic E-state index is 11.5. The Balaban J connectivity index is 2.85. The third-order valence-corrected chi connectivity index (χ3v) is 4.83. The van der Waals surface area contributed by atoms with E-state index < -0.39 is 21.1 Å². The van der Waals surface area contributed by atoms with Gasteiger partial charge in [-0.05, 0) is 30.4 Å². The maximum atomic E-state index is 11.5. The van der Waals surface area contributed by atoms with Gasteiger partial charge in [0.25, 0.3) is 0 Å². The van der Waals surface area contributed by atoms with E-state index in [1.54, 1.807) is 6.92 Å². The van der Waals surface area contributed by atoms with E-state index in [1.165, 1.54) is 11.8 Å². The highest BCUT2D eigenvalue weighted by Crippen LogP contribution is 2.20. The van der Waals surface area contributed by atoms with Crippen molar-refractivity contribution in [1.29, 1.82) is 0 Å². The van der Waals surface area contributed by atoms with Crippen LogP contribution >= 0.6 is 0 Å². The van der Waals surface area contributed by atoms with Crippen molar-refractivity contribution in [2.75, 3.05) is 6.26 Å². The number of sulfone groups is 1. The minimum Gasteiger partial charge on any atom is -0.323 e. The molecular weight excluding hydrogens is 246 g/mol. The Labute approximate surface area is 110 Å². The highest BCUT2D eigenvalue weighted by Gasteiger charge is 2.23. The fourth-order valence-corrected chi connectivity index (χ4v) is 2.57. The molecule has 4 heteroatoms. The van der Waals surface area contributed by atoms with Crippen LogP contribution < -0.4 is 5.73 Å². The lowest BCUT2D eigenvalue weighted by Crippen LogP contribution is -2.30. The minimum absolute atomic E-state index is 0.465. The van der Waals surface area contributed by atoms with Crippen LogP contribution in [0.3, 0.4) is 0 Å².